The number of hydrogen-bond acceptors (Lipinski definition) is 3. The molecule has 0 fully saturated rings. The minimum atomic E-state index is -0.200. The molecule has 0 saturated heterocycles. The highest BCUT2D eigenvalue weighted by molar-refractivity contribution is 7.98. The van der Waals surface area contributed by atoms with Gasteiger partial charge in [-0.15, -0.1) is 0 Å². The van der Waals surface area contributed by atoms with E-state index in [0.29, 0.717) is 11.1 Å². The van der Waals surface area contributed by atoms with Gasteiger partial charge in [-0.25, -0.2) is 4.31 Å². The highest BCUT2D eigenvalue weighted by Gasteiger charge is 2.36. The lowest BCUT2D eigenvalue weighted by atomic mass is 10.1. The maximum Gasteiger partial charge on any atom is 0.271 e. The zero-order valence-corrected chi connectivity index (χ0v) is 9.38. The van der Waals surface area contributed by atoms with Crippen LogP contribution in [0.3, 0.4) is 0 Å². The van der Waals surface area contributed by atoms with Crippen molar-refractivity contribution >= 4 is 23.8 Å². The van der Waals surface area contributed by atoms with Crippen molar-refractivity contribution in [2.75, 3.05) is 0 Å². The fourth-order valence-electron chi connectivity index (χ4n) is 1.47. The number of imide groups is 1. The van der Waals surface area contributed by atoms with Gasteiger partial charge in [-0.1, -0.05) is 26.0 Å². The Morgan fingerprint density at radius 3 is 1.93 bits per heavy atom. The number of amides is 2. The van der Waals surface area contributed by atoms with Crippen molar-refractivity contribution < 1.29 is 9.59 Å². The molecule has 1 aromatic carbocycles. The van der Waals surface area contributed by atoms with E-state index in [4.69, 9.17) is 0 Å². The third-order valence-corrected chi connectivity index (χ3v) is 3.04. The predicted molar refractivity (Wildman–Crippen MR) is 59.7 cm³/mol. The Balaban J connectivity index is 2.37. The van der Waals surface area contributed by atoms with Crippen LogP contribution in [-0.2, 0) is 0 Å². The average molecular weight is 221 g/mol. The summed E-state index contributed by atoms with van der Waals surface area (Å²) >= 11 is 1.27. The Kier molecular flexibility index (Phi) is 2.52. The number of rotatable bonds is 2. The maximum absolute atomic E-state index is 11.8. The van der Waals surface area contributed by atoms with Crippen LogP contribution in [0.4, 0.5) is 0 Å². The number of hydrogen-bond donors (Lipinski definition) is 0. The maximum atomic E-state index is 11.8. The van der Waals surface area contributed by atoms with E-state index in [9.17, 15) is 9.59 Å². The molecule has 0 aliphatic carbocycles. The van der Waals surface area contributed by atoms with Crippen molar-refractivity contribution in [3.8, 4) is 0 Å². The van der Waals surface area contributed by atoms with E-state index in [2.05, 4.69) is 0 Å². The van der Waals surface area contributed by atoms with E-state index in [1.54, 1.807) is 24.3 Å². The van der Waals surface area contributed by atoms with Gasteiger partial charge < -0.3 is 0 Å². The summed E-state index contributed by atoms with van der Waals surface area (Å²) in [5.74, 6) is -0.399. The summed E-state index contributed by atoms with van der Waals surface area (Å²) in [6, 6.07) is 6.92. The monoisotopic (exact) mass is 221 g/mol. The van der Waals surface area contributed by atoms with Crippen LogP contribution in [0.2, 0.25) is 0 Å². The summed E-state index contributed by atoms with van der Waals surface area (Å²) in [5.41, 5.74) is 1.02. The molecule has 15 heavy (non-hydrogen) atoms. The van der Waals surface area contributed by atoms with Crippen LogP contribution in [-0.4, -0.2) is 21.4 Å². The smallest absolute Gasteiger partial charge is 0.268 e. The Morgan fingerprint density at radius 1 is 1.07 bits per heavy atom. The second-order valence-electron chi connectivity index (χ2n) is 3.60. The number of benzene rings is 1. The SMILES string of the molecule is CC(C)SN1C(=O)c2ccccc2C1=O. The van der Waals surface area contributed by atoms with Crippen LogP contribution < -0.4 is 0 Å². The van der Waals surface area contributed by atoms with E-state index in [1.807, 2.05) is 13.8 Å². The number of fused-ring (bicyclic) bond motifs is 1. The third-order valence-electron chi connectivity index (χ3n) is 2.07. The second-order valence-corrected chi connectivity index (χ2v) is 5.12. The van der Waals surface area contributed by atoms with Gasteiger partial charge >= 0.3 is 0 Å². The normalized spacial score (nSPS) is 15.0. The summed E-state index contributed by atoms with van der Waals surface area (Å²) < 4.78 is 1.25. The van der Waals surface area contributed by atoms with Crippen molar-refractivity contribution in [1.82, 2.24) is 4.31 Å². The fraction of sp³-hybridized carbons (Fsp3) is 0.273. The van der Waals surface area contributed by atoms with Crippen LogP contribution >= 0.6 is 11.9 Å². The quantitative estimate of drug-likeness (QED) is 0.568. The fourth-order valence-corrected chi connectivity index (χ4v) is 2.28. The molecule has 2 rings (SSSR count). The zero-order chi connectivity index (χ0) is 11.0. The number of carbonyl (C=O) groups is 2. The summed E-state index contributed by atoms with van der Waals surface area (Å²) in [6.07, 6.45) is 0. The zero-order valence-electron chi connectivity index (χ0n) is 8.56. The van der Waals surface area contributed by atoms with E-state index in [0.717, 1.165) is 0 Å². The largest absolute Gasteiger partial charge is 0.271 e. The van der Waals surface area contributed by atoms with Gasteiger partial charge in [0.25, 0.3) is 11.8 Å². The summed E-state index contributed by atoms with van der Waals surface area (Å²) in [6.45, 7) is 3.91. The minimum absolute atomic E-state index is 0.200. The second kappa shape index (κ2) is 3.70. The summed E-state index contributed by atoms with van der Waals surface area (Å²) in [4.78, 5) is 23.7. The highest BCUT2D eigenvalue weighted by atomic mass is 32.2. The Morgan fingerprint density at radius 2 is 1.53 bits per heavy atom. The minimum Gasteiger partial charge on any atom is -0.268 e. The van der Waals surface area contributed by atoms with Crippen molar-refractivity contribution in [3.63, 3.8) is 0 Å². The molecular weight excluding hydrogens is 210 g/mol. The first-order valence-electron chi connectivity index (χ1n) is 4.76. The van der Waals surface area contributed by atoms with Gasteiger partial charge in [0.2, 0.25) is 0 Å². The summed E-state index contributed by atoms with van der Waals surface area (Å²) in [7, 11) is 0. The third kappa shape index (κ3) is 1.65. The van der Waals surface area contributed by atoms with Crippen molar-refractivity contribution in [1.29, 1.82) is 0 Å². The molecule has 78 valence electrons. The van der Waals surface area contributed by atoms with Crippen molar-refractivity contribution in [3.05, 3.63) is 35.4 Å². The molecule has 0 atom stereocenters. The molecule has 1 aliphatic heterocycles. The van der Waals surface area contributed by atoms with Gasteiger partial charge in [-0.2, -0.15) is 0 Å². The lowest BCUT2D eigenvalue weighted by Gasteiger charge is -2.14. The first kappa shape index (κ1) is 10.2. The number of carbonyl (C=O) groups excluding carboxylic acids is 2. The van der Waals surface area contributed by atoms with Gasteiger partial charge in [0, 0.05) is 5.25 Å². The first-order chi connectivity index (χ1) is 7.11. The van der Waals surface area contributed by atoms with E-state index in [1.165, 1.54) is 16.3 Å². The molecule has 0 saturated carbocycles. The first-order valence-corrected chi connectivity index (χ1v) is 5.59. The topological polar surface area (TPSA) is 37.4 Å². The number of nitrogens with zero attached hydrogens (tertiary/aromatic N) is 1. The molecule has 0 aromatic heterocycles. The molecule has 4 heteroatoms. The molecule has 1 aromatic rings. The Hall–Kier alpha value is -1.29. The Labute approximate surface area is 92.6 Å². The summed E-state index contributed by atoms with van der Waals surface area (Å²) in [5, 5.41) is 0.215. The standard InChI is InChI=1S/C11H11NO2S/c1-7(2)15-12-10(13)8-5-3-4-6-9(8)11(12)14/h3-7H,1-2H3. The van der Waals surface area contributed by atoms with Gasteiger partial charge in [0.05, 0.1) is 11.1 Å². The molecule has 0 bridgehead atoms. The van der Waals surface area contributed by atoms with Crippen LogP contribution in [0.1, 0.15) is 34.6 Å². The molecule has 1 heterocycles. The lowest BCUT2D eigenvalue weighted by Crippen LogP contribution is -2.24. The van der Waals surface area contributed by atoms with Crippen LogP contribution in [0, 0.1) is 0 Å². The lowest BCUT2D eigenvalue weighted by molar-refractivity contribution is 0.0776. The van der Waals surface area contributed by atoms with E-state index < -0.39 is 0 Å². The molecule has 2 amide bonds. The van der Waals surface area contributed by atoms with Crippen LogP contribution in [0.25, 0.3) is 0 Å². The Bertz CT molecular complexity index is 393. The molecule has 1 aliphatic rings. The van der Waals surface area contributed by atoms with E-state index in [-0.39, 0.29) is 17.1 Å². The highest BCUT2D eigenvalue weighted by Crippen LogP contribution is 2.29. The average Bonchev–Trinajstić information content (AvgIpc) is 2.44. The van der Waals surface area contributed by atoms with Gasteiger partial charge in [-0.3, -0.25) is 9.59 Å². The molecular formula is C11H11NO2S. The molecule has 0 spiro atoms. The molecule has 0 radical (unpaired) electrons. The van der Waals surface area contributed by atoms with Crippen molar-refractivity contribution in [2.24, 2.45) is 0 Å². The van der Waals surface area contributed by atoms with Crippen LogP contribution in [0.5, 0.6) is 0 Å². The van der Waals surface area contributed by atoms with Crippen LogP contribution in [0.15, 0.2) is 24.3 Å². The molecule has 0 N–H and O–H groups in total. The van der Waals surface area contributed by atoms with Gasteiger partial charge in [-0.05, 0) is 24.1 Å². The van der Waals surface area contributed by atoms with Crippen molar-refractivity contribution in [2.45, 2.75) is 19.1 Å². The van der Waals surface area contributed by atoms with Gasteiger partial charge in [0.15, 0.2) is 0 Å². The van der Waals surface area contributed by atoms with Gasteiger partial charge in [0.1, 0.15) is 0 Å². The predicted octanol–water partition coefficient (Wildman–Crippen LogP) is 2.34. The molecule has 0 unspecified atom stereocenters. The molecule has 3 nitrogen and oxygen atoms in total. The van der Waals surface area contributed by atoms with E-state index >= 15 is 0 Å².